The van der Waals surface area contributed by atoms with Gasteiger partial charge in [-0.05, 0) is 0 Å². The Balaban J connectivity index is 2.39. The molecule has 0 saturated heterocycles. The number of rotatable bonds is 6. The summed E-state index contributed by atoms with van der Waals surface area (Å²) in [6, 6.07) is 0.274. The van der Waals surface area contributed by atoms with Crippen molar-refractivity contribution in [1.29, 1.82) is 0 Å². The van der Waals surface area contributed by atoms with E-state index in [0.29, 0.717) is 12.2 Å². The first-order valence-electron chi connectivity index (χ1n) is 4.63. The fourth-order valence-corrected chi connectivity index (χ4v) is 1.92. The third-order valence-electron chi connectivity index (χ3n) is 1.63. The van der Waals surface area contributed by atoms with Crippen LogP contribution in [0.3, 0.4) is 0 Å². The number of nitrogens with zero attached hydrogens (tertiary/aromatic N) is 1. The first kappa shape index (κ1) is 12.0. The fraction of sp³-hybridized carbons (Fsp3) is 0.625. The highest BCUT2D eigenvalue weighted by Crippen LogP contribution is 2.06. The molecule has 1 aromatic rings. The van der Waals surface area contributed by atoms with Crippen molar-refractivity contribution in [2.24, 2.45) is 0 Å². The predicted octanol–water partition coefficient (Wildman–Crippen LogP) is 0.414. The first-order valence-corrected chi connectivity index (χ1v) is 6.28. The number of sulfonamides is 1. The molecule has 86 valence electrons. The first-order chi connectivity index (χ1) is 6.99. The fourth-order valence-electron chi connectivity index (χ4n) is 0.968. The van der Waals surface area contributed by atoms with E-state index in [1.54, 1.807) is 0 Å². The normalized spacial score (nSPS) is 11.9. The molecule has 1 aromatic heterocycles. The van der Waals surface area contributed by atoms with E-state index in [1.807, 2.05) is 13.8 Å². The zero-order valence-corrected chi connectivity index (χ0v) is 9.54. The van der Waals surface area contributed by atoms with E-state index in [-0.39, 0.29) is 11.8 Å². The molecule has 0 saturated carbocycles. The van der Waals surface area contributed by atoms with Gasteiger partial charge >= 0.3 is 0 Å². The molecule has 0 radical (unpaired) electrons. The minimum Gasteiger partial charge on any atom is -0.362 e. The Bertz CT molecular complexity index is 372. The van der Waals surface area contributed by atoms with Gasteiger partial charge in [0.25, 0.3) is 0 Å². The average Bonchev–Trinajstić information content (AvgIpc) is 2.54. The van der Waals surface area contributed by atoms with Gasteiger partial charge in [0.1, 0.15) is 12.0 Å². The Morgan fingerprint density at radius 2 is 2.27 bits per heavy atom. The molecule has 0 fully saturated rings. The van der Waals surface area contributed by atoms with Crippen molar-refractivity contribution in [3.05, 3.63) is 12.5 Å². The molecule has 7 heteroatoms. The van der Waals surface area contributed by atoms with Crippen molar-refractivity contribution in [2.75, 3.05) is 17.0 Å². The van der Waals surface area contributed by atoms with Crippen molar-refractivity contribution >= 4 is 15.7 Å². The van der Waals surface area contributed by atoms with Crippen LogP contribution in [0, 0.1) is 0 Å². The van der Waals surface area contributed by atoms with Crippen LogP contribution in [-0.2, 0) is 10.0 Å². The van der Waals surface area contributed by atoms with E-state index in [4.69, 9.17) is 0 Å². The third kappa shape index (κ3) is 4.80. The highest BCUT2D eigenvalue weighted by molar-refractivity contribution is 7.92. The lowest BCUT2D eigenvalue weighted by Crippen LogP contribution is -2.30. The van der Waals surface area contributed by atoms with Gasteiger partial charge in [0.05, 0.1) is 11.9 Å². The maximum Gasteiger partial charge on any atom is 0.234 e. The highest BCUT2D eigenvalue weighted by Gasteiger charge is 2.11. The molecular weight excluding hydrogens is 218 g/mol. The average molecular weight is 233 g/mol. The van der Waals surface area contributed by atoms with Crippen molar-refractivity contribution in [1.82, 2.24) is 10.5 Å². The molecule has 2 N–H and O–H groups in total. The van der Waals surface area contributed by atoms with Crippen LogP contribution < -0.4 is 10.0 Å². The molecule has 0 amide bonds. The van der Waals surface area contributed by atoms with E-state index in [2.05, 4.69) is 19.7 Å². The minimum atomic E-state index is -3.31. The van der Waals surface area contributed by atoms with Gasteiger partial charge < -0.3 is 9.84 Å². The Morgan fingerprint density at radius 1 is 1.53 bits per heavy atom. The van der Waals surface area contributed by atoms with Crippen LogP contribution in [-0.4, -0.2) is 31.9 Å². The van der Waals surface area contributed by atoms with Crippen LogP contribution in [0.1, 0.15) is 13.8 Å². The molecule has 15 heavy (non-hydrogen) atoms. The second-order valence-electron chi connectivity index (χ2n) is 3.44. The number of nitrogens with one attached hydrogen (secondary N) is 2. The molecule has 0 bridgehead atoms. The topological polar surface area (TPSA) is 84.2 Å². The lowest BCUT2D eigenvalue weighted by atomic mass is 10.4. The molecule has 0 spiro atoms. The van der Waals surface area contributed by atoms with Crippen molar-refractivity contribution in [3.8, 4) is 0 Å². The Morgan fingerprint density at radius 3 is 2.80 bits per heavy atom. The SMILES string of the molecule is CC(C)NCCS(=O)(=O)Nc1cnoc1. The van der Waals surface area contributed by atoms with E-state index in [1.165, 1.54) is 12.5 Å². The van der Waals surface area contributed by atoms with Crippen LogP contribution >= 0.6 is 0 Å². The van der Waals surface area contributed by atoms with Crippen molar-refractivity contribution < 1.29 is 12.9 Å². The van der Waals surface area contributed by atoms with Gasteiger partial charge in [-0.2, -0.15) is 0 Å². The summed E-state index contributed by atoms with van der Waals surface area (Å²) in [5.41, 5.74) is 0.347. The van der Waals surface area contributed by atoms with Gasteiger partial charge in [-0.1, -0.05) is 19.0 Å². The van der Waals surface area contributed by atoms with Crippen LogP contribution in [0.2, 0.25) is 0 Å². The molecule has 1 rings (SSSR count). The van der Waals surface area contributed by atoms with E-state index in [0.717, 1.165) is 0 Å². The summed E-state index contributed by atoms with van der Waals surface area (Å²) < 4.78 is 29.8. The quantitative estimate of drug-likeness (QED) is 0.743. The second-order valence-corrected chi connectivity index (χ2v) is 5.28. The van der Waals surface area contributed by atoms with Gasteiger partial charge in [-0.3, -0.25) is 4.72 Å². The Labute approximate surface area is 89.1 Å². The van der Waals surface area contributed by atoms with Gasteiger partial charge in [0, 0.05) is 12.6 Å². The number of hydrogen-bond donors (Lipinski definition) is 2. The van der Waals surface area contributed by atoms with E-state index < -0.39 is 10.0 Å². The molecule has 0 aliphatic rings. The van der Waals surface area contributed by atoms with Crippen molar-refractivity contribution in [3.63, 3.8) is 0 Å². The Hall–Kier alpha value is -1.08. The van der Waals surface area contributed by atoms with Crippen LogP contribution in [0.25, 0.3) is 0 Å². The molecule has 0 aliphatic carbocycles. The molecule has 0 atom stereocenters. The summed E-state index contributed by atoms with van der Waals surface area (Å²) in [6.45, 7) is 4.33. The maximum absolute atomic E-state index is 11.5. The number of hydrogen-bond acceptors (Lipinski definition) is 5. The standard InChI is InChI=1S/C8H15N3O3S/c1-7(2)9-3-4-15(12,13)11-8-5-10-14-6-8/h5-7,9,11H,3-4H2,1-2H3. The second kappa shape index (κ2) is 5.13. The van der Waals surface area contributed by atoms with E-state index >= 15 is 0 Å². The van der Waals surface area contributed by atoms with Gasteiger partial charge in [-0.25, -0.2) is 8.42 Å². The summed E-state index contributed by atoms with van der Waals surface area (Å²) in [7, 11) is -3.31. The zero-order valence-electron chi connectivity index (χ0n) is 8.73. The van der Waals surface area contributed by atoms with Crippen LogP contribution in [0.5, 0.6) is 0 Å². The van der Waals surface area contributed by atoms with Gasteiger partial charge in [0.15, 0.2) is 0 Å². The van der Waals surface area contributed by atoms with Gasteiger partial charge in [-0.15, -0.1) is 0 Å². The summed E-state index contributed by atoms with van der Waals surface area (Å²) in [4.78, 5) is 0. The minimum absolute atomic E-state index is 0.0242. The molecule has 1 heterocycles. The smallest absolute Gasteiger partial charge is 0.234 e. The number of anilines is 1. The van der Waals surface area contributed by atoms with Crippen molar-refractivity contribution in [2.45, 2.75) is 19.9 Å². The van der Waals surface area contributed by atoms with Crippen LogP contribution in [0.4, 0.5) is 5.69 Å². The maximum atomic E-state index is 11.5. The largest absolute Gasteiger partial charge is 0.362 e. The molecular formula is C8H15N3O3S. The zero-order chi connectivity index (χ0) is 11.3. The number of aromatic nitrogens is 1. The van der Waals surface area contributed by atoms with Gasteiger partial charge in [0.2, 0.25) is 10.0 Å². The third-order valence-corrected chi connectivity index (χ3v) is 2.92. The summed E-state index contributed by atoms with van der Waals surface area (Å²) >= 11 is 0. The molecule has 6 nitrogen and oxygen atoms in total. The summed E-state index contributed by atoms with van der Waals surface area (Å²) in [6.07, 6.45) is 2.56. The molecule has 0 aliphatic heterocycles. The summed E-state index contributed by atoms with van der Waals surface area (Å²) in [5, 5.41) is 6.42. The molecule has 0 unspecified atom stereocenters. The van der Waals surface area contributed by atoms with E-state index in [9.17, 15) is 8.42 Å². The predicted molar refractivity (Wildman–Crippen MR) is 57.1 cm³/mol. The summed E-state index contributed by atoms with van der Waals surface area (Å²) in [5.74, 6) is 0.0242. The van der Waals surface area contributed by atoms with Crippen LogP contribution in [0.15, 0.2) is 17.0 Å². The monoisotopic (exact) mass is 233 g/mol. The lowest BCUT2D eigenvalue weighted by Gasteiger charge is -2.08. The molecule has 0 aromatic carbocycles. The highest BCUT2D eigenvalue weighted by atomic mass is 32.2. The Kier molecular flexibility index (Phi) is 4.10. The lowest BCUT2D eigenvalue weighted by molar-refractivity contribution is 0.420.